The van der Waals surface area contributed by atoms with E-state index in [1.807, 2.05) is 36.2 Å². The second kappa shape index (κ2) is 8.24. The summed E-state index contributed by atoms with van der Waals surface area (Å²) in [4.78, 5) is 1.92. The van der Waals surface area contributed by atoms with Crippen LogP contribution in [0.2, 0.25) is 0 Å². The molecule has 0 atom stereocenters. The fourth-order valence-corrected chi connectivity index (χ4v) is 2.71. The van der Waals surface area contributed by atoms with E-state index in [9.17, 15) is 13.0 Å². The van der Waals surface area contributed by atoms with Gasteiger partial charge < -0.3 is 9.45 Å². The van der Waals surface area contributed by atoms with E-state index < -0.39 is 10.4 Å². The van der Waals surface area contributed by atoms with Crippen molar-refractivity contribution in [3.8, 4) is 0 Å². The monoisotopic (exact) mass is 371 g/mol. The quantitative estimate of drug-likeness (QED) is 0.229. The first-order valence-corrected chi connectivity index (χ1v) is 9.19. The molecule has 2 aromatic rings. The Kier molecular flexibility index (Phi) is 6.31. The average molecular weight is 371 g/mol. The fraction of sp³-hybridized carbons (Fsp3) is 0.385. The highest BCUT2D eigenvalue weighted by atomic mass is 32.3. The number of rotatable bonds is 8. The third kappa shape index (κ3) is 5.92. The molecule has 1 heterocycles. The van der Waals surface area contributed by atoms with Gasteiger partial charge in [-0.2, -0.15) is 0 Å². The van der Waals surface area contributed by atoms with Crippen molar-refractivity contribution in [2.75, 3.05) is 25.1 Å². The van der Waals surface area contributed by atoms with Gasteiger partial charge in [0.15, 0.2) is 0 Å². The minimum absolute atomic E-state index is 0.131. The molecule has 1 aromatic carbocycles. The van der Waals surface area contributed by atoms with Gasteiger partial charge in [0.25, 0.3) is 0 Å². The molecule has 0 amide bonds. The van der Waals surface area contributed by atoms with Gasteiger partial charge in [0.2, 0.25) is 10.4 Å². The largest absolute Gasteiger partial charge is 0.726 e. The molecule has 0 aliphatic carbocycles. The van der Waals surface area contributed by atoms with E-state index in [0.717, 1.165) is 5.69 Å². The molecule has 9 nitrogen and oxygen atoms in total. The Balaban J connectivity index is 1.87. The van der Waals surface area contributed by atoms with E-state index in [1.54, 1.807) is 17.2 Å². The number of benzene rings is 1. The van der Waals surface area contributed by atoms with Crippen LogP contribution in [-0.4, -0.2) is 38.3 Å². The first-order chi connectivity index (χ1) is 11.3. The lowest BCUT2D eigenvalue weighted by Crippen LogP contribution is -2.28. The van der Waals surface area contributed by atoms with Crippen LogP contribution in [0.5, 0.6) is 0 Å². The van der Waals surface area contributed by atoms with Gasteiger partial charge in [0, 0.05) is 19.3 Å². The zero-order valence-corrected chi connectivity index (χ0v) is 14.8. The van der Waals surface area contributed by atoms with E-state index in [0.29, 0.717) is 23.8 Å². The molecule has 0 unspecified atom stereocenters. The van der Waals surface area contributed by atoms with Crippen LogP contribution >= 0.6 is 11.3 Å². The molecule has 0 aliphatic heterocycles. The van der Waals surface area contributed by atoms with Crippen molar-refractivity contribution in [1.82, 2.24) is 5.10 Å². The number of aromatic nitrogens is 2. The van der Waals surface area contributed by atoms with E-state index in [-0.39, 0.29) is 6.61 Å². The highest BCUT2D eigenvalue weighted by Crippen LogP contribution is 2.21. The first kappa shape index (κ1) is 18.4. The molecule has 0 N–H and O–H groups in total. The predicted molar refractivity (Wildman–Crippen MR) is 87.4 cm³/mol. The molecule has 24 heavy (non-hydrogen) atoms. The molecule has 0 radical (unpaired) electrons. The molecule has 0 fully saturated rings. The second-order valence-corrected chi connectivity index (χ2v) is 6.73. The van der Waals surface area contributed by atoms with Crippen molar-refractivity contribution in [2.45, 2.75) is 6.42 Å². The van der Waals surface area contributed by atoms with Gasteiger partial charge in [-0.1, -0.05) is 5.10 Å². The molecular weight excluding hydrogens is 354 g/mol. The van der Waals surface area contributed by atoms with Gasteiger partial charge in [0.05, 0.1) is 11.7 Å². The van der Waals surface area contributed by atoms with Crippen molar-refractivity contribution < 1.29 is 21.8 Å². The number of nitrogens with zero attached hydrogens (tertiary/aromatic N) is 5. The SMILES string of the molecule is CN(CCCOS(=O)(=O)[O-])c1ccc(N=Nc2scn[n+]2C)cc1. The topological polar surface area (TPSA) is 111 Å². The number of hydrogen-bond acceptors (Lipinski definition) is 9. The normalized spacial score (nSPS) is 12.0. The van der Waals surface area contributed by atoms with Crippen LogP contribution in [0.1, 0.15) is 6.42 Å². The Morgan fingerprint density at radius 2 is 2.04 bits per heavy atom. The van der Waals surface area contributed by atoms with Crippen LogP contribution in [-0.2, 0) is 21.6 Å². The molecule has 0 saturated heterocycles. The summed E-state index contributed by atoms with van der Waals surface area (Å²) < 4.78 is 36.8. The molecule has 1 aromatic heterocycles. The van der Waals surface area contributed by atoms with E-state index in [2.05, 4.69) is 19.5 Å². The second-order valence-electron chi connectivity index (χ2n) is 4.87. The summed E-state index contributed by atoms with van der Waals surface area (Å²) >= 11 is 1.40. The maximum Gasteiger partial charge on any atom is 0.429 e. The van der Waals surface area contributed by atoms with Crippen molar-refractivity contribution in [1.29, 1.82) is 0 Å². The lowest BCUT2D eigenvalue weighted by atomic mass is 10.2. The lowest BCUT2D eigenvalue weighted by molar-refractivity contribution is -0.713. The summed E-state index contributed by atoms with van der Waals surface area (Å²) in [6.07, 6.45) is 0.418. The number of hydrogen-bond donors (Lipinski definition) is 0. The van der Waals surface area contributed by atoms with Crippen molar-refractivity contribution in [3.63, 3.8) is 0 Å². The van der Waals surface area contributed by atoms with Crippen LogP contribution < -0.4 is 9.58 Å². The third-order valence-electron chi connectivity index (χ3n) is 3.06. The molecule has 0 saturated carbocycles. The minimum atomic E-state index is -4.62. The highest BCUT2D eigenvalue weighted by molar-refractivity contribution is 7.80. The summed E-state index contributed by atoms with van der Waals surface area (Å²) in [5.74, 6) is 0. The zero-order chi connectivity index (χ0) is 17.6. The molecule has 0 aliphatic rings. The van der Waals surface area contributed by atoms with Gasteiger partial charge in [-0.3, -0.25) is 4.18 Å². The molecule has 130 valence electrons. The molecule has 0 spiro atoms. The Bertz CT molecular complexity index is 789. The summed E-state index contributed by atoms with van der Waals surface area (Å²) in [7, 11) is -0.960. The number of anilines is 1. The van der Waals surface area contributed by atoms with Crippen LogP contribution in [0.4, 0.5) is 16.5 Å². The van der Waals surface area contributed by atoms with Crippen molar-refractivity contribution >= 4 is 38.2 Å². The van der Waals surface area contributed by atoms with Crippen LogP contribution in [0.25, 0.3) is 0 Å². The van der Waals surface area contributed by atoms with E-state index in [4.69, 9.17) is 0 Å². The zero-order valence-electron chi connectivity index (χ0n) is 13.2. The summed E-state index contributed by atoms with van der Waals surface area (Å²) in [6.45, 7) is 0.418. The van der Waals surface area contributed by atoms with E-state index in [1.165, 1.54) is 11.3 Å². The standard InChI is InChI=1S/C13H17N5O4S2/c1-17(8-3-9-22-24(19,20)21)12-6-4-11(5-7-12)15-16-13-18(2)14-10-23-13/h4-7,10H,3,8-9H2,1-2H3. The lowest BCUT2D eigenvalue weighted by Gasteiger charge is -2.19. The minimum Gasteiger partial charge on any atom is -0.726 e. The van der Waals surface area contributed by atoms with Crippen molar-refractivity contribution in [3.05, 3.63) is 29.8 Å². The third-order valence-corrected chi connectivity index (χ3v) is 4.27. The van der Waals surface area contributed by atoms with Crippen molar-refractivity contribution in [2.24, 2.45) is 17.3 Å². The Hall–Kier alpha value is -1.95. The van der Waals surface area contributed by atoms with Gasteiger partial charge in [-0.15, -0.1) is 4.68 Å². The number of azo groups is 1. The molecule has 2 rings (SSSR count). The first-order valence-electron chi connectivity index (χ1n) is 6.98. The van der Waals surface area contributed by atoms with Gasteiger partial charge >= 0.3 is 5.13 Å². The summed E-state index contributed by atoms with van der Waals surface area (Å²) in [6, 6.07) is 7.42. The van der Waals surface area contributed by atoms with Gasteiger partial charge in [-0.25, -0.2) is 8.42 Å². The van der Waals surface area contributed by atoms with Crippen LogP contribution in [0.15, 0.2) is 40.0 Å². The number of aryl methyl sites for hydroxylation is 1. The molecular formula is C13H17N5O4S2. The van der Waals surface area contributed by atoms with Crippen LogP contribution in [0, 0.1) is 0 Å². The molecule has 11 heteroatoms. The highest BCUT2D eigenvalue weighted by Gasteiger charge is 2.09. The summed E-state index contributed by atoms with van der Waals surface area (Å²) in [5.41, 5.74) is 3.33. The smallest absolute Gasteiger partial charge is 0.429 e. The molecule has 0 bridgehead atoms. The van der Waals surface area contributed by atoms with Gasteiger partial charge in [-0.05, 0) is 47.1 Å². The van der Waals surface area contributed by atoms with Gasteiger partial charge in [0.1, 0.15) is 18.2 Å². The average Bonchev–Trinajstić information content (AvgIpc) is 2.94. The van der Waals surface area contributed by atoms with Crippen LogP contribution in [0.3, 0.4) is 0 Å². The Morgan fingerprint density at radius 3 is 2.62 bits per heavy atom. The Labute approximate surface area is 144 Å². The van der Waals surface area contributed by atoms with E-state index >= 15 is 0 Å². The fourth-order valence-electron chi connectivity index (χ4n) is 1.82. The summed E-state index contributed by atoms with van der Waals surface area (Å²) in [5, 5.41) is 13.0. The Morgan fingerprint density at radius 1 is 1.33 bits per heavy atom. The maximum atomic E-state index is 10.3. The predicted octanol–water partition coefficient (Wildman–Crippen LogP) is 1.69. The maximum absolute atomic E-state index is 10.3.